The van der Waals surface area contributed by atoms with E-state index in [-0.39, 0.29) is 22.8 Å². The lowest BCUT2D eigenvalue weighted by Gasteiger charge is -2.33. The molecule has 6 rings (SSSR count). The first-order chi connectivity index (χ1) is 19.6. The molecule has 0 radical (unpaired) electrons. The fourth-order valence-corrected chi connectivity index (χ4v) is 5.66. The number of aromatic nitrogens is 2. The van der Waals surface area contributed by atoms with E-state index in [1.807, 2.05) is 0 Å². The van der Waals surface area contributed by atoms with Crippen LogP contribution in [0.3, 0.4) is 0 Å². The van der Waals surface area contributed by atoms with E-state index in [4.69, 9.17) is 0 Å². The Morgan fingerprint density at radius 1 is 1.00 bits per heavy atom. The van der Waals surface area contributed by atoms with E-state index < -0.39 is 36.3 Å². The van der Waals surface area contributed by atoms with Crippen molar-refractivity contribution in [3.8, 4) is 22.4 Å². The number of nitrogens with zero attached hydrogens (tertiary/aromatic N) is 2. The highest BCUT2D eigenvalue weighted by Gasteiger charge is 2.53. The van der Waals surface area contributed by atoms with Gasteiger partial charge in [0.1, 0.15) is 17.5 Å². The van der Waals surface area contributed by atoms with Crippen molar-refractivity contribution in [2.24, 2.45) is 0 Å². The summed E-state index contributed by atoms with van der Waals surface area (Å²) >= 11 is 0. The number of anilines is 1. The fraction of sp³-hybridized carbons (Fsp3) is 0.258. The molecule has 10 heteroatoms. The van der Waals surface area contributed by atoms with E-state index in [1.165, 1.54) is 30.5 Å². The summed E-state index contributed by atoms with van der Waals surface area (Å²) in [5.41, 5.74) is 3.80. The second-order valence-corrected chi connectivity index (χ2v) is 10.7. The number of H-pyrrole nitrogens is 1. The number of nitrogens with one attached hydrogen (secondary N) is 2. The van der Waals surface area contributed by atoms with Crippen LogP contribution in [-0.2, 0) is 11.2 Å². The fourth-order valence-electron chi connectivity index (χ4n) is 5.66. The number of carbonyl (C=O) groups is 2. The maximum absolute atomic E-state index is 13.8. The smallest absolute Gasteiger partial charge is 0.256 e. The SMILES string of the molecule is CN1C(=O)c2c([nH]c(-c3ccnc(NC(=O)C(CC(F)F)c4ccc(F)cc4)c3)c2-c2ccc(F)cc2)CC12CC2. The van der Waals surface area contributed by atoms with Crippen LogP contribution >= 0.6 is 0 Å². The van der Waals surface area contributed by atoms with E-state index >= 15 is 0 Å². The number of alkyl halides is 2. The molecule has 0 bridgehead atoms. The van der Waals surface area contributed by atoms with Gasteiger partial charge >= 0.3 is 0 Å². The van der Waals surface area contributed by atoms with Gasteiger partial charge in [-0.3, -0.25) is 9.59 Å². The van der Waals surface area contributed by atoms with Crippen LogP contribution in [0.1, 0.15) is 46.8 Å². The Morgan fingerprint density at radius 3 is 2.29 bits per heavy atom. The molecule has 2 aromatic carbocycles. The molecule has 1 aliphatic carbocycles. The summed E-state index contributed by atoms with van der Waals surface area (Å²) < 4.78 is 54.0. The molecular formula is C31H26F4N4O2. The van der Waals surface area contributed by atoms with E-state index in [0.29, 0.717) is 34.4 Å². The van der Waals surface area contributed by atoms with E-state index in [0.717, 1.165) is 30.7 Å². The van der Waals surface area contributed by atoms with Crippen LogP contribution in [0.25, 0.3) is 22.4 Å². The first kappa shape index (κ1) is 26.7. The molecule has 3 heterocycles. The third-order valence-electron chi connectivity index (χ3n) is 8.08. The average molecular weight is 563 g/mol. The number of likely N-dealkylation sites (N-methyl/N-ethyl adjacent to an activating group) is 1. The minimum atomic E-state index is -2.76. The zero-order valence-corrected chi connectivity index (χ0v) is 22.1. The molecule has 0 saturated heterocycles. The Kier molecular flexibility index (Phi) is 6.63. The van der Waals surface area contributed by atoms with Crippen molar-refractivity contribution in [1.29, 1.82) is 0 Å². The number of hydrogen-bond acceptors (Lipinski definition) is 3. The van der Waals surface area contributed by atoms with Crippen molar-refractivity contribution in [1.82, 2.24) is 14.9 Å². The van der Waals surface area contributed by atoms with Crippen LogP contribution in [0.2, 0.25) is 0 Å². The maximum Gasteiger partial charge on any atom is 0.256 e. The highest BCUT2D eigenvalue weighted by atomic mass is 19.3. The number of halogens is 4. The van der Waals surface area contributed by atoms with Crippen LogP contribution in [0.4, 0.5) is 23.4 Å². The molecule has 210 valence electrons. The molecule has 4 aromatic rings. The van der Waals surface area contributed by atoms with Gasteiger partial charge in [0.05, 0.1) is 17.2 Å². The van der Waals surface area contributed by atoms with Gasteiger partial charge in [0.2, 0.25) is 12.3 Å². The van der Waals surface area contributed by atoms with Gasteiger partial charge in [0.25, 0.3) is 5.91 Å². The van der Waals surface area contributed by atoms with E-state index in [9.17, 15) is 27.2 Å². The number of amides is 2. The topological polar surface area (TPSA) is 78.1 Å². The van der Waals surface area contributed by atoms with Crippen molar-refractivity contribution in [3.63, 3.8) is 0 Å². The number of pyridine rings is 1. The Bertz CT molecular complexity index is 1630. The van der Waals surface area contributed by atoms with Gasteiger partial charge in [0, 0.05) is 48.4 Å². The first-order valence-electron chi connectivity index (χ1n) is 13.2. The second kappa shape index (κ2) is 10.2. The average Bonchev–Trinajstić information content (AvgIpc) is 3.63. The van der Waals surface area contributed by atoms with Crippen molar-refractivity contribution in [2.75, 3.05) is 12.4 Å². The zero-order valence-electron chi connectivity index (χ0n) is 22.1. The minimum absolute atomic E-state index is 0.119. The molecule has 1 fully saturated rings. The Hall–Kier alpha value is -4.47. The van der Waals surface area contributed by atoms with Gasteiger partial charge in [-0.15, -0.1) is 0 Å². The van der Waals surface area contributed by atoms with Crippen molar-refractivity contribution >= 4 is 17.6 Å². The lowest BCUT2D eigenvalue weighted by atomic mass is 9.91. The minimum Gasteiger partial charge on any atom is -0.357 e. The van der Waals surface area contributed by atoms with Gasteiger partial charge in [-0.2, -0.15) is 0 Å². The maximum atomic E-state index is 13.8. The second-order valence-electron chi connectivity index (χ2n) is 10.7. The summed E-state index contributed by atoms with van der Waals surface area (Å²) in [6.07, 6.45) is 0.439. The van der Waals surface area contributed by atoms with Crippen LogP contribution in [0.15, 0.2) is 66.9 Å². The molecule has 1 saturated carbocycles. The number of aromatic amines is 1. The highest BCUT2D eigenvalue weighted by molar-refractivity contribution is 6.07. The summed E-state index contributed by atoms with van der Waals surface area (Å²) in [7, 11) is 1.80. The number of hydrogen-bond donors (Lipinski definition) is 2. The van der Waals surface area contributed by atoms with Crippen LogP contribution in [0, 0.1) is 11.6 Å². The molecule has 2 aromatic heterocycles. The summed E-state index contributed by atoms with van der Waals surface area (Å²) in [5, 5.41) is 2.62. The van der Waals surface area contributed by atoms with Crippen molar-refractivity contribution in [2.45, 2.75) is 43.6 Å². The summed E-state index contributed by atoms with van der Waals surface area (Å²) in [5.74, 6) is -2.89. The number of carbonyl (C=O) groups excluding carboxylic acids is 2. The van der Waals surface area contributed by atoms with Gasteiger partial charge in [-0.05, 0) is 60.4 Å². The molecule has 6 nitrogen and oxygen atoms in total. The van der Waals surface area contributed by atoms with Crippen LogP contribution in [-0.4, -0.2) is 45.7 Å². The Morgan fingerprint density at radius 2 is 1.66 bits per heavy atom. The standard InChI is InChI=1S/C31H26F4N4O2/c1-39-30(41)27-23(16-31(39)11-12-31)37-28(26(27)18-4-8-21(33)9-5-18)19-10-13-36-25(14-19)38-29(40)22(15-24(34)35)17-2-6-20(32)7-3-17/h2-10,13-14,22,24,37H,11-12,15-16H2,1H3,(H,36,38,40). The highest BCUT2D eigenvalue weighted by Crippen LogP contribution is 2.50. The molecular weight excluding hydrogens is 536 g/mol. The zero-order chi connectivity index (χ0) is 28.9. The van der Waals surface area contributed by atoms with Gasteiger partial charge in [0.15, 0.2) is 0 Å². The third-order valence-corrected chi connectivity index (χ3v) is 8.08. The van der Waals surface area contributed by atoms with Crippen molar-refractivity contribution in [3.05, 3.63) is 95.3 Å². The van der Waals surface area contributed by atoms with Crippen LogP contribution in [0.5, 0.6) is 0 Å². The van der Waals surface area contributed by atoms with Gasteiger partial charge < -0.3 is 15.2 Å². The first-order valence-corrected chi connectivity index (χ1v) is 13.2. The lowest BCUT2D eigenvalue weighted by Crippen LogP contribution is -2.44. The molecule has 1 spiro atoms. The number of rotatable bonds is 7. The molecule has 2 N–H and O–H groups in total. The van der Waals surface area contributed by atoms with Gasteiger partial charge in [-0.25, -0.2) is 22.5 Å². The molecule has 1 atom stereocenters. The van der Waals surface area contributed by atoms with E-state index in [2.05, 4.69) is 15.3 Å². The van der Waals surface area contributed by atoms with Crippen LogP contribution < -0.4 is 5.32 Å². The number of fused-ring (bicyclic) bond motifs is 1. The molecule has 1 unspecified atom stereocenters. The molecule has 41 heavy (non-hydrogen) atoms. The summed E-state index contributed by atoms with van der Waals surface area (Å²) in [4.78, 5) is 36.2. The molecule has 2 amide bonds. The summed E-state index contributed by atoms with van der Waals surface area (Å²) in [6, 6.07) is 14.0. The Labute approximate surface area is 233 Å². The quantitative estimate of drug-likeness (QED) is 0.251. The normalized spacial score (nSPS) is 16.1. The summed E-state index contributed by atoms with van der Waals surface area (Å²) in [6.45, 7) is 0. The largest absolute Gasteiger partial charge is 0.357 e. The van der Waals surface area contributed by atoms with Crippen molar-refractivity contribution < 1.29 is 27.2 Å². The molecule has 2 aliphatic rings. The predicted octanol–water partition coefficient (Wildman–Crippen LogP) is 6.56. The molecule has 1 aliphatic heterocycles. The Balaban J connectivity index is 1.38. The predicted molar refractivity (Wildman–Crippen MR) is 146 cm³/mol. The number of benzene rings is 2. The van der Waals surface area contributed by atoms with Gasteiger partial charge in [-0.1, -0.05) is 24.3 Å². The third kappa shape index (κ3) is 4.98. The monoisotopic (exact) mass is 562 g/mol. The van der Waals surface area contributed by atoms with E-state index in [1.54, 1.807) is 36.2 Å². The lowest BCUT2D eigenvalue weighted by molar-refractivity contribution is -0.118.